The normalized spacial score (nSPS) is 14.6. The summed E-state index contributed by atoms with van der Waals surface area (Å²) in [6, 6.07) is 16.5. The van der Waals surface area contributed by atoms with E-state index in [0.29, 0.717) is 0 Å². The number of hydrogen-bond donors (Lipinski definition) is 1. The predicted molar refractivity (Wildman–Crippen MR) is 120 cm³/mol. The van der Waals surface area contributed by atoms with Gasteiger partial charge in [-0.3, -0.25) is 0 Å². The Balaban J connectivity index is 1.95. The highest BCUT2D eigenvalue weighted by Crippen LogP contribution is 2.30. The van der Waals surface area contributed by atoms with Gasteiger partial charge in [-0.1, -0.05) is 59.9 Å². The standard InChI is InChI=1S/C20H27BO3S3/c1-14-10-6-8-12-19(14)26-17(4)23-21(22-16(3)25)24-18(5)27-20-13-9-7-11-15(20)2/h6-13,16-18,25H,1-5H3. The fourth-order valence-corrected chi connectivity index (χ4v) is 4.29. The molecule has 0 bridgehead atoms. The number of thiol groups is 1. The van der Waals surface area contributed by atoms with Crippen LogP contribution in [0.3, 0.4) is 0 Å². The molecule has 2 rings (SSSR count). The maximum absolute atomic E-state index is 6.02. The van der Waals surface area contributed by atoms with Crippen molar-refractivity contribution in [1.29, 1.82) is 0 Å². The Hall–Kier alpha value is -0.565. The van der Waals surface area contributed by atoms with E-state index in [4.69, 9.17) is 14.0 Å². The molecule has 0 fully saturated rings. The SMILES string of the molecule is Cc1ccccc1SC(C)OB(OC(C)S)OC(C)Sc1ccccc1C. The van der Waals surface area contributed by atoms with Gasteiger partial charge in [0.2, 0.25) is 0 Å². The van der Waals surface area contributed by atoms with Crippen LogP contribution in [0.5, 0.6) is 0 Å². The lowest BCUT2D eigenvalue weighted by Gasteiger charge is -2.23. The van der Waals surface area contributed by atoms with Gasteiger partial charge < -0.3 is 14.0 Å². The van der Waals surface area contributed by atoms with Crippen LogP contribution in [0.2, 0.25) is 0 Å². The summed E-state index contributed by atoms with van der Waals surface area (Å²) in [6.07, 6.45) is 0. The topological polar surface area (TPSA) is 27.7 Å². The highest BCUT2D eigenvalue weighted by Gasteiger charge is 2.29. The summed E-state index contributed by atoms with van der Waals surface area (Å²) in [5.41, 5.74) is 1.91. The number of thioether (sulfide) groups is 2. The Morgan fingerprint density at radius 1 is 0.741 bits per heavy atom. The molecule has 27 heavy (non-hydrogen) atoms. The van der Waals surface area contributed by atoms with Crippen molar-refractivity contribution in [3.05, 3.63) is 59.7 Å². The zero-order chi connectivity index (χ0) is 19.8. The molecule has 3 nitrogen and oxygen atoms in total. The van der Waals surface area contributed by atoms with Crippen molar-refractivity contribution in [3.8, 4) is 0 Å². The lowest BCUT2D eigenvalue weighted by Crippen LogP contribution is -2.34. The van der Waals surface area contributed by atoms with Gasteiger partial charge in [0.25, 0.3) is 0 Å². The molecule has 3 atom stereocenters. The second-order valence-electron chi connectivity index (χ2n) is 6.20. The Bertz CT molecular complexity index is 659. The fraction of sp³-hybridized carbons (Fsp3) is 0.400. The zero-order valence-corrected chi connectivity index (χ0v) is 18.9. The van der Waals surface area contributed by atoms with E-state index in [1.807, 2.05) is 45.0 Å². The number of benzene rings is 2. The summed E-state index contributed by atoms with van der Waals surface area (Å²) in [7, 11) is -0.782. The Labute approximate surface area is 177 Å². The number of hydrogen-bond acceptors (Lipinski definition) is 6. The van der Waals surface area contributed by atoms with Crippen LogP contribution >= 0.6 is 36.2 Å². The minimum absolute atomic E-state index is 0.126. The lowest BCUT2D eigenvalue weighted by atomic mass is 10.2. The van der Waals surface area contributed by atoms with E-state index in [2.05, 4.69) is 50.7 Å². The lowest BCUT2D eigenvalue weighted by molar-refractivity contribution is 0.0814. The van der Waals surface area contributed by atoms with Crippen molar-refractivity contribution >= 4 is 43.5 Å². The van der Waals surface area contributed by atoms with E-state index in [1.54, 1.807) is 23.5 Å². The molecule has 0 saturated carbocycles. The van der Waals surface area contributed by atoms with E-state index >= 15 is 0 Å². The average molecular weight is 422 g/mol. The van der Waals surface area contributed by atoms with Crippen molar-refractivity contribution < 1.29 is 14.0 Å². The molecule has 7 heteroatoms. The van der Waals surface area contributed by atoms with Crippen LogP contribution in [0.4, 0.5) is 0 Å². The van der Waals surface area contributed by atoms with Crippen LogP contribution < -0.4 is 0 Å². The first-order valence-corrected chi connectivity index (χ1v) is 11.2. The van der Waals surface area contributed by atoms with Crippen LogP contribution in [0, 0.1) is 13.8 Å². The highest BCUT2D eigenvalue weighted by atomic mass is 32.2. The van der Waals surface area contributed by atoms with Crippen LogP contribution in [0.15, 0.2) is 58.3 Å². The third kappa shape index (κ3) is 8.14. The molecule has 0 saturated heterocycles. The molecule has 0 amide bonds. The molecule has 0 heterocycles. The van der Waals surface area contributed by atoms with Gasteiger partial charge in [0, 0.05) is 9.79 Å². The minimum Gasteiger partial charge on any atom is -0.374 e. The van der Waals surface area contributed by atoms with Gasteiger partial charge in [0.1, 0.15) is 0 Å². The monoisotopic (exact) mass is 422 g/mol. The Morgan fingerprint density at radius 3 is 1.52 bits per heavy atom. The smallest absolute Gasteiger partial charge is 0.374 e. The van der Waals surface area contributed by atoms with Gasteiger partial charge in [0.15, 0.2) is 0 Å². The van der Waals surface area contributed by atoms with Gasteiger partial charge in [-0.15, -0.1) is 12.6 Å². The molecule has 0 N–H and O–H groups in total. The summed E-state index contributed by atoms with van der Waals surface area (Å²) in [5.74, 6) is 0. The van der Waals surface area contributed by atoms with E-state index in [9.17, 15) is 0 Å². The van der Waals surface area contributed by atoms with E-state index < -0.39 is 7.32 Å². The largest absolute Gasteiger partial charge is 0.641 e. The molecule has 0 aliphatic heterocycles. The Morgan fingerprint density at radius 2 is 1.15 bits per heavy atom. The van der Waals surface area contributed by atoms with Gasteiger partial charge in [-0.25, -0.2) is 0 Å². The highest BCUT2D eigenvalue weighted by molar-refractivity contribution is 8.00. The first-order valence-electron chi connectivity index (χ1n) is 8.94. The second kappa shape index (κ2) is 11.4. The summed E-state index contributed by atoms with van der Waals surface area (Å²) in [6.45, 7) is 10.0. The first kappa shape index (κ1) is 22.7. The van der Waals surface area contributed by atoms with Crippen molar-refractivity contribution in [1.82, 2.24) is 0 Å². The average Bonchev–Trinajstić information content (AvgIpc) is 2.58. The second-order valence-corrected chi connectivity index (χ2v) is 9.60. The van der Waals surface area contributed by atoms with Crippen molar-refractivity contribution in [3.63, 3.8) is 0 Å². The quantitative estimate of drug-likeness (QED) is 0.213. The van der Waals surface area contributed by atoms with Crippen LogP contribution in [-0.4, -0.2) is 23.6 Å². The zero-order valence-electron chi connectivity index (χ0n) is 16.4. The van der Waals surface area contributed by atoms with Crippen molar-refractivity contribution in [2.24, 2.45) is 0 Å². The van der Waals surface area contributed by atoms with Crippen molar-refractivity contribution in [2.45, 2.75) is 60.7 Å². The van der Waals surface area contributed by atoms with Gasteiger partial charge in [-0.2, -0.15) is 0 Å². The molecule has 0 aliphatic carbocycles. The predicted octanol–water partition coefficient (Wildman–Crippen LogP) is 6.19. The molecule has 3 unspecified atom stereocenters. The molecule has 2 aromatic carbocycles. The summed E-state index contributed by atoms with van der Waals surface area (Å²) in [4.78, 5) is 2.37. The summed E-state index contributed by atoms with van der Waals surface area (Å²) >= 11 is 7.61. The van der Waals surface area contributed by atoms with Gasteiger partial charge in [0.05, 0.1) is 16.3 Å². The van der Waals surface area contributed by atoms with Gasteiger partial charge in [-0.05, 0) is 57.9 Å². The molecule has 2 aromatic rings. The Kier molecular flexibility index (Phi) is 9.63. The van der Waals surface area contributed by atoms with Crippen LogP contribution in [0.25, 0.3) is 0 Å². The third-order valence-electron chi connectivity index (χ3n) is 3.69. The minimum atomic E-state index is -0.782. The van der Waals surface area contributed by atoms with E-state index in [1.165, 1.54) is 20.9 Å². The van der Waals surface area contributed by atoms with E-state index in [-0.39, 0.29) is 16.3 Å². The molecule has 0 radical (unpaired) electrons. The molecular formula is C20H27BO3S3. The summed E-state index contributed by atoms with van der Waals surface area (Å²) in [5, 5.41) is 0. The van der Waals surface area contributed by atoms with Gasteiger partial charge >= 0.3 is 7.32 Å². The molecular weight excluding hydrogens is 395 g/mol. The molecule has 146 valence electrons. The molecule has 0 spiro atoms. The summed E-state index contributed by atoms with van der Waals surface area (Å²) < 4.78 is 17.8. The maximum atomic E-state index is 6.02. The maximum Gasteiger partial charge on any atom is 0.641 e. The van der Waals surface area contributed by atoms with Crippen LogP contribution in [-0.2, 0) is 14.0 Å². The third-order valence-corrected chi connectivity index (χ3v) is 6.12. The first-order chi connectivity index (χ1) is 12.8. The molecule has 0 aliphatic rings. The van der Waals surface area contributed by atoms with Crippen LogP contribution in [0.1, 0.15) is 31.9 Å². The fourth-order valence-electron chi connectivity index (χ4n) is 2.36. The van der Waals surface area contributed by atoms with Crippen molar-refractivity contribution in [2.75, 3.05) is 0 Å². The number of rotatable bonds is 10. The molecule has 0 aromatic heterocycles. The number of aryl methyl sites for hydroxylation is 2. The van der Waals surface area contributed by atoms with E-state index in [0.717, 1.165) is 0 Å².